The first-order valence-electron chi connectivity index (χ1n) is 9.46. The fourth-order valence-corrected chi connectivity index (χ4v) is 2.74. The lowest BCUT2D eigenvalue weighted by molar-refractivity contribution is -0.148. The largest absolute Gasteiger partial charge is 0.456 e. The van der Waals surface area contributed by atoms with Crippen molar-refractivity contribution in [2.24, 2.45) is 0 Å². The summed E-state index contributed by atoms with van der Waals surface area (Å²) in [5, 5.41) is 5.97. The highest BCUT2D eigenvalue weighted by Crippen LogP contribution is 2.09. The Bertz CT molecular complexity index is 809. The zero-order chi connectivity index (χ0) is 21.1. The van der Waals surface area contributed by atoms with E-state index in [1.807, 2.05) is 37.3 Å². The molecule has 0 spiro atoms. The summed E-state index contributed by atoms with van der Waals surface area (Å²) in [6, 6.07) is 16.4. The second-order valence-electron chi connectivity index (χ2n) is 6.67. The summed E-state index contributed by atoms with van der Waals surface area (Å²) >= 11 is 5.77. The molecule has 2 amide bonds. The van der Waals surface area contributed by atoms with E-state index in [2.05, 4.69) is 10.6 Å². The van der Waals surface area contributed by atoms with Gasteiger partial charge in [0.05, 0.1) is 6.42 Å². The summed E-state index contributed by atoms with van der Waals surface area (Å²) in [6.45, 7) is 1.70. The number of ether oxygens (including phenoxy) is 1. The van der Waals surface area contributed by atoms with Gasteiger partial charge in [-0.3, -0.25) is 14.4 Å². The van der Waals surface area contributed by atoms with Gasteiger partial charge in [0, 0.05) is 23.2 Å². The molecule has 0 heterocycles. The maximum absolute atomic E-state index is 11.9. The summed E-state index contributed by atoms with van der Waals surface area (Å²) in [4.78, 5) is 35.5. The molecule has 6 nitrogen and oxygen atoms in total. The molecule has 0 saturated heterocycles. The molecule has 2 aromatic carbocycles. The number of aryl methyl sites for hydroxylation is 1. The molecule has 0 bridgehead atoms. The molecule has 7 heteroatoms. The molecule has 0 unspecified atom stereocenters. The van der Waals surface area contributed by atoms with Crippen LogP contribution in [0.15, 0.2) is 54.6 Å². The number of carbonyl (C=O) groups excluding carboxylic acids is 3. The summed E-state index contributed by atoms with van der Waals surface area (Å²) in [5.74, 6) is -1.20. The smallest absolute Gasteiger partial charge is 0.308 e. The maximum atomic E-state index is 11.9. The highest BCUT2D eigenvalue weighted by Gasteiger charge is 2.11. The van der Waals surface area contributed by atoms with Crippen molar-refractivity contribution in [3.8, 4) is 0 Å². The van der Waals surface area contributed by atoms with Crippen LogP contribution in [0.25, 0.3) is 0 Å². The summed E-state index contributed by atoms with van der Waals surface area (Å²) in [5.41, 5.74) is 1.66. The molecule has 29 heavy (non-hydrogen) atoms. The fourth-order valence-electron chi connectivity index (χ4n) is 2.62. The first-order valence-corrected chi connectivity index (χ1v) is 9.84. The molecule has 1 atom stereocenters. The van der Waals surface area contributed by atoms with Gasteiger partial charge < -0.3 is 15.4 Å². The van der Waals surface area contributed by atoms with E-state index >= 15 is 0 Å². The minimum absolute atomic E-state index is 0.0177. The van der Waals surface area contributed by atoms with Crippen LogP contribution >= 0.6 is 11.6 Å². The average Bonchev–Trinajstić information content (AvgIpc) is 2.72. The van der Waals surface area contributed by atoms with Crippen LogP contribution < -0.4 is 10.6 Å². The van der Waals surface area contributed by atoms with Crippen molar-refractivity contribution in [2.75, 3.05) is 13.2 Å². The molecule has 0 fully saturated rings. The standard InChI is InChI=1S/C22H25ClN2O4/c1-16(7-8-17-5-3-2-4-6-17)25-20(26)15-29-21(27)13-14-24-22(28)18-9-11-19(23)12-10-18/h2-6,9-12,16H,7-8,13-15H2,1H3,(H,24,28)(H,25,26)/t16-/m0/s1. The Morgan fingerprint density at radius 1 is 1.03 bits per heavy atom. The van der Waals surface area contributed by atoms with Gasteiger partial charge in [-0.1, -0.05) is 41.9 Å². The summed E-state index contributed by atoms with van der Waals surface area (Å²) in [7, 11) is 0. The van der Waals surface area contributed by atoms with Crippen LogP contribution in [0.2, 0.25) is 5.02 Å². The normalized spacial score (nSPS) is 11.4. The van der Waals surface area contributed by atoms with Crippen LogP contribution in [-0.4, -0.2) is 37.0 Å². The molecule has 0 aliphatic carbocycles. The van der Waals surface area contributed by atoms with Crippen LogP contribution in [0.3, 0.4) is 0 Å². The third-order valence-electron chi connectivity index (χ3n) is 4.20. The second kappa shape index (κ2) is 11.9. The Balaban J connectivity index is 1.58. The lowest BCUT2D eigenvalue weighted by Gasteiger charge is -2.14. The third kappa shape index (κ3) is 8.79. The molecule has 0 aromatic heterocycles. The number of rotatable bonds is 10. The Labute approximate surface area is 175 Å². The lowest BCUT2D eigenvalue weighted by Crippen LogP contribution is -2.36. The number of esters is 1. The van der Waals surface area contributed by atoms with Crippen LogP contribution in [0.5, 0.6) is 0 Å². The Morgan fingerprint density at radius 3 is 2.41 bits per heavy atom. The highest BCUT2D eigenvalue weighted by atomic mass is 35.5. The van der Waals surface area contributed by atoms with Crippen LogP contribution in [0.4, 0.5) is 0 Å². The van der Waals surface area contributed by atoms with Gasteiger partial charge in [-0.25, -0.2) is 0 Å². The lowest BCUT2D eigenvalue weighted by atomic mass is 10.1. The monoisotopic (exact) mass is 416 g/mol. The first-order chi connectivity index (χ1) is 13.9. The molecule has 154 valence electrons. The van der Waals surface area contributed by atoms with Gasteiger partial charge in [0.2, 0.25) is 0 Å². The number of hydrogen-bond acceptors (Lipinski definition) is 4. The molecule has 0 aliphatic rings. The van der Waals surface area contributed by atoms with E-state index in [1.54, 1.807) is 24.3 Å². The van der Waals surface area contributed by atoms with Crippen LogP contribution in [0, 0.1) is 0 Å². The van der Waals surface area contributed by atoms with E-state index in [0.29, 0.717) is 10.6 Å². The number of hydrogen-bond donors (Lipinski definition) is 2. The van der Waals surface area contributed by atoms with Crippen LogP contribution in [-0.2, 0) is 20.7 Å². The van der Waals surface area contributed by atoms with Crippen molar-refractivity contribution in [3.05, 3.63) is 70.7 Å². The molecule has 2 rings (SSSR count). The minimum Gasteiger partial charge on any atom is -0.456 e. The van der Waals surface area contributed by atoms with Gasteiger partial charge in [-0.2, -0.15) is 0 Å². The predicted molar refractivity (Wildman–Crippen MR) is 112 cm³/mol. The van der Waals surface area contributed by atoms with Gasteiger partial charge >= 0.3 is 5.97 Å². The van der Waals surface area contributed by atoms with E-state index in [-0.39, 0.29) is 37.4 Å². The second-order valence-corrected chi connectivity index (χ2v) is 7.10. The SMILES string of the molecule is C[C@@H](CCc1ccccc1)NC(=O)COC(=O)CCNC(=O)c1ccc(Cl)cc1. The molecule has 2 N–H and O–H groups in total. The predicted octanol–water partition coefficient (Wildman–Crippen LogP) is 3.14. The molecule has 0 aliphatic heterocycles. The first kappa shape index (κ1) is 22.4. The Morgan fingerprint density at radius 2 is 1.72 bits per heavy atom. The number of nitrogens with one attached hydrogen (secondary N) is 2. The zero-order valence-electron chi connectivity index (χ0n) is 16.3. The van der Waals surface area contributed by atoms with Gasteiger partial charge in [-0.05, 0) is 49.6 Å². The minimum atomic E-state index is -0.548. The highest BCUT2D eigenvalue weighted by molar-refractivity contribution is 6.30. The van der Waals surface area contributed by atoms with Gasteiger partial charge in [0.15, 0.2) is 6.61 Å². The van der Waals surface area contributed by atoms with Crippen molar-refractivity contribution in [1.82, 2.24) is 10.6 Å². The maximum Gasteiger partial charge on any atom is 0.308 e. The van der Waals surface area contributed by atoms with E-state index < -0.39 is 5.97 Å². The van der Waals surface area contributed by atoms with E-state index in [4.69, 9.17) is 16.3 Å². The van der Waals surface area contributed by atoms with E-state index in [1.165, 1.54) is 5.56 Å². The third-order valence-corrected chi connectivity index (χ3v) is 4.45. The number of amides is 2. The summed E-state index contributed by atoms with van der Waals surface area (Å²) < 4.78 is 4.95. The molecular formula is C22H25ClN2O4. The van der Waals surface area contributed by atoms with E-state index in [0.717, 1.165) is 12.8 Å². The van der Waals surface area contributed by atoms with Crippen molar-refractivity contribution in [2.45, 2.75) is 32.2 Å². The number of benzene rings is 2. The zero-order valence-corrected chi connectivity index (χ0v) is 17.1. The van der Waals surface area contributed by atoms with Crippen molar-refractivity contribution < 1.29 is 19.1 Å². The van der Waals surface area contributed by atoms with E-state index in [9.17, 15) is 14.4 Å². The van der Waals surface area contributed by atoms with Crippen molar-refractivity contribution in [3.63, 3.8) is 0 Å². The number of carbonyl (C=O) groups is 3. The molecule has 2 aromatic rings. The summed E-state index contributed by atoms with van der Waals surface area (Å²) in [6.07, 6.45) is 1.63. The van der Waals surface area contributed by atoms with Crippen molar-refractivity contribution >= 4 is 29.4 Å². The fraction of sp³-hybridized carbons (Fsp3) is 0.318. The molecule has 0 radical (unpaired) electrons. The van der Waals surface area contributed by atoms with Crippen molar-refractivity contribution in [1.29, 1.82) is 0 Å². The van der Waals surface area contributed by atoms with Gasteiger partial charge in [-0.15, -0.1) is 0 Å². The quantitative estimate of drug-likeness (QED) is 0.583. The van der Waals surface area contributed by atoms with Gasteiger partial charge in [0.25, 0.3) is 11.8 Å². The Hall–Kier alpha value is -2.86. The molecular weight excluding hydrogens is 392 g/mol. The van der Waals surface area contributed by atoms with Crippen LogP contribution in [0.1, 0.15) is 35.7 Å². The Kier molecular flexibility index (Phi) is 9.18. The topological polar surface area (TPSA) is 84.5 Å². The number of halogens is 1. The molecule has 0 saturated carbocycles. The average molecular weight is 417 g/mol. The van der Waals surface area contributed by atoms with Gasteiger partial charge in [0.1, 0.15) is 0 Å².